The number of rotatable bonds is 33. The van der Waals surface area contributed by atoms with Gasteiger partial charge in [0.25, 0.3) is 0 Å². The highest BCUT2D eigenvalue weighted by atomic mass is 15.4. The Labute approximate surface area is 260 Å². The molecule has 1 rings (SSSR count). The summed E-state index contributed by atoms with van der Waals surface area (Å²) in [5, 5.41) is 0. The molecule has 2 heteroatoms. The van der Waals surface area contributed by atoms with E-state index in [2.05, 4.69) is 43.0 Å². The zero-order valence-electron chi connectivity index (χ0n) is 29.0. The van der Waals surface area contributed by atoms with Crippen molar-refractivity contribution in [1.29, 1.82) is 0 Å². The van der Waals surface area contributed by atoms with E-state index in [-0.39, 0.29) is 0 Å². The topological polar surface area (TPSA) is 6.48 Å². The Kier molecular flexibility index (Phi) is 28.8. The Morgan fingerprint density at radius 1 is 0.317 bits per heavy atom. The summed E-state index contributed by atoms with van der Waals surface area (Å²) in [6.45, 7) is 9.48. The second kappa shape index (κ2) is 30.8. The van der Waals surface area contributed by atoms with Crippen molar-refractivity contribution in [2.24, 2.45) is 0 Å². The van der Waals surface area contributed by atoms with E-state index in [9.17, 15) is 0 Å². The van der Waals surface area contributed by atoms with Crippen molar-refractivity contribution < 1.29 is 0 Å². The molecular weight excluding hydrogens is 496 g/mol. The highest BCUT2D eigenvalue weighted by Crippen LogP contribution is 2.24. The van der Waals surface area contributed by atoms with Crippen molar-refractivity contribution in [3.63, 3.8) is 0 Å². The van der Waals surface area contributed by atoms with E-state index < -0.39 is 0 Å². The summed E-state index contributed by atoms with van der Waals surface area (Å²) in [4.78, 5) is 5.41. The third-order valence-corrected chi connectivity index (χ3v) is 9.57. The fraction of sp³-hybridized carbons (Fsp3) is 0.949. The third-order valence-electron chi connectivity index (χ3n) is 9.57. The molecule has 41 heavy (non-hydrogen) atoms. The van der Waals surface area contributed by atoms with Crippen LogP contribution in [0.5, 0.6) is 0 Å². The first kappa shape index (κ1) is 38.4. The maximum Gasteiger partial charge on any atom is 0.101 e. The van der Waals surface area contributed by atoms with Crippen LogP contribution in [-0.2, 0) is 0 Å². The van der Waals surface area contributed by atoms with E-state index in [1.807, 2.05) is 0 Å². The number of hydrogen-bond acceptors (Lipinski definition) is 2. The maximum atomic E-state index is 2.71. The first-order valence-corrected chi connectivity index (χ1v) is 19.5. The maximum absolute atomic E-state index is 2.71. The molecule has 2 nitrogen and oxygen atoms in total. The number of hydrogen-bond donors (Lipinski definition) is 0. The molecule has 0 fully saturated rings. The van der Waals surface area contributed by atoms with Crippen molar-refractivity contribution in [2.75, 3.05) is 13.1 Å². The molecule has 1 aliphatic heterocycles. The average molecular weight is 575 g/mol. The van der Waals surface area contributed by atoms with Gasteiger partial charge in [-0.05, 0) is 25.7 Å². The van der Waals surface area contributed by atoms with Gasteiger partial charge in [-0.3, -0.25) is 0 Å². The van der Waals surface area contributed by atoms with Gasteiger partial charge in [0.15, 0.2) is 0 Å². The van der Waals surface area contributed by atoms with Crippen molar-refractivity contribution in [3.8, 4) is 0 Å². The Morgan fingerprint density at radius 2 is 0.561 bits per heavy atom. The summed E-state index contributed by atoms with van der Waals surface area (Å²) in [6, 6.07) is 0. The van der Waals surface area contributed by atoms with Crippen LogP contribution in [0.4, 0.5) is 0 Å². The Morgan fingerprint density at radius 3 is 0.854 bits per heavy atom. The fourth-order valence-electron chi connectivity index (χ4n) is 6.72. The molecule has 0 spiro atoms. The van der Waals surface area contributed by atoms with Crippen molar-refractivity contribution in [2.45, 2.75) is 226 Å². The highest BCUT2D eigenvalue weighted by molar-refractivity contribution is 4.97. The summed E-state index contributed by atoms with van der Waals surface area (Å²) >= 11 is 0. The van der Waals surface area contributed by atoms with E-state index >= 15 is 0 Å². The minimum Gasteiger partial charge on any atom is -0.356 e. The lowest BCUT2D eigenvalue weighted by molar-refractivity contribution is 0.135. The zero-order chi connectivity index (χ0) is 29.5. The van der Waals surface area contributed by atoms with Crippen LogP contribution in [0.2, 0.25) is 0 Å². The van der Waals surface area contributed by atoms with Crippen molar-refractivity contribution in [1.82, 2.24) is 9.80 Å². The smallest absolute Gasteiger partial charge is 0.101 e. The lowest BCUT2D eigenvalue weighted by Crippen LogP contribution is -2.39. The molecule has 1 unspecified atom stereocenters. The van der Waals surface area contributed by atoms with Gasteiger partial charge in [-0.1, -0.05) is 194 Å². The third kappa shape index (κ3) is 23.5. The molecule has 1 heterocycles. The summed E-state index contributed by atoms with van der Waals surface area (Å²) in [5.41, 5.74) is 0. The number of unbranched alkanes of at least 4 members (excludes halogenated alkanes) is 27. The van der Waals surface area contributed by atoms with E-state index in [1.165, 1.54) is 212 Å². The van der Waals surface area contributed by atoms with Gasteiger partial charge in [-0.25, -0.2) is 0 Å². The van der Waals surface area contributed by atoms with E-state index in [4.69, 9.17) is 0 Å². The standard InChI is InChI=1S/C39H78N2/c1-4-7-10-13-15-17-19-20-21-23-25-27-30-33-36-41-38-37-40(35-32-29-12-9-6-3)39(41)34-31-28-26-24-22-18-16-14-11-8-5-2/h37-39H,4-36H2,1-3H3. The van der Waals surface area contributed by atoms with Gasteiger partial charge in [0.2, 0.25) is 0 Å². The SMILES string of the molecule is CCCCCCCCCCCCCCCCN1C=CN(CCCCCCC)C1CCCCCCCCCCCCC. The van der Waals surface area contributed by atoms with Crippen molar-refractivity contribution >= 4 is 0 Å². The molecule has 1 atom stereocenters. The minimum atomic E-state index is 0.640. The predicted molar refractivity (Wildman–Crippen MR) is 186 cm³/mol. The van der Waals surface area contributed by atoms with Gasteiger partial charge in [0.05, 0.1) is 0 Å². The molecule has 0 saturated carbocycles. The summed E-state index contributed by atoms with van der Waals surface area (Å²) in [7, 11) is 0. The molecule has 0 aromatic carbocycles. The van der Waals surface area contributed by atoms with Crippen LogP contribution in [0.1, 0.15) is 220 Å². The number of nitrogens with zero attached hydrogens (tertiary/aromatic N) is 2. The van der Waals surface area contributed by atoms with Crippen LogP contribution in [0.3, 0.4) is 0 Å². The van der Waals surface area contributed by atoms with Gasteiger partial charge >= 0.3 is 0 Å². The lowest BCUT2D eigenvalue weighted by atomic mass is 10.0. The van der Waals surface area contributed by atoms with Gasteiger partial charge in [-0.2, -0.15) is 0 Å². The Balaban J connectivity index is 2.15. The molecule has 0 radical (unpaired) electrons. The molecule has 0 amide bonds. The summed E-state index contributed by atoms with van der Waals surface area (Å²) in [5.74, 6) is 0. The molecule has 0 aliphatic carbocycles. The summed E-state index contributed by atoms with van der Waals surface area (Å²) in [6.07, 6.45) is 49.9. The van der Waals surface area contributed by atoms with E-state index in [0.717, 1.165) is 0 Å². The Bertz CT molecular complexity index is 530. The van der Waals surface area contributed by atoms with Gasteiger partial charge < -0.3 is 9.80 Å². The molecule has 0 aromatic heterocycles. The first-order valence-electron chi connectivity index (χ1n) is 19.5. The molecular formula is C39H78N2. The van der Waals surface area contributed by atoms with Crippen LogP contribution in [-0.4, -0.2) is 29.1 Å². The second-order valence-electron chi connectivity index (χ2n) is 13.6. The zero-order valence-corrected chi connectivity index (χ0v) is 29.0. The average Bonchev–Trinajstić information content (AvgIpc) is 3.37. The Hall–Kier alpha value is -0.660. The molecule has 0 saturated heterocycles. The van der Waals surface area contributed by atoms with Crippen LogP contribution in [0.25, 0.3) is 0 Å². The van der Waals surface area contributed by atoms with Gasteiger partial charge in [0.1, 0.15) is 6.17 Å². The fourth-order valence-corrected chi connectivity index (χ4v) is 6.72. The lowest BCUT2D eigenvalue weighted by Gasteiger charge is -2.33. The van der Waals surface area contributed by atoms with Gasteiger partial charge in [-0.15, -0.1) is 0 Å². The minimum absolute atomic E-state index is 0.640. The van der Waals surface area contributed by atoms with Crippen molar-refractivity contribution in [3.05, 3.63) is 12.4 Å². The molecule has 1 aliphatic rings. The molecule has 0 bridgehead atoms. The molecule has 0 N–H and O–H groups in total. The van der Waals surface area contributed by atoms with E-state index in [0.29, 0.717) is 6.17 Å². The predicted octanol–water partition coefficient (Wildman–Crippen LogP) is 13.6. The van der Waals surface area contributed by atoms with Crippen LogP contribution in [0.15, 0.2) is 12.4 Å². The largest absolute Gasteiger partial charge is 0.356 e. The quantitative estimate of drug-likeness (QED) is 0.0719. The van der Waals surface area contributed by atoms with E-state index in [1.54, 1.807) is 0 Å². The monoisotopic (exact) mass is 575 g/mol. The second-order valence-corrected chi connectivity index (χ2v) is 13.6. The summed E-state index contributed by atoms with van der Waals surface area (Å²) < 4.78 is 0. The normalized spacial score (nSPS) is 15.0. The molecule has 0 aromatic rings. The van der Waals surface area contributed by atoms with Gasteiger partial charge in [0, 0.05) is 25.5 Å². The van der Waals surface area contributed by atoms with Crippen LogP contribution >= 0.6 is 0 Å². The van der Waals surface area contributed by atoms with Crippen LogP contribution in [0, 0.1) is 0 Å². The highest BCUT2D eigenvalue weighted by Gasteiger charge is 2.24. The first-order chi connectivity index (χ1) is 20.3. The molecule has 244 valence electrons. The van der Waals surface area contributed by atoms with Crippen LogP contribution < -0.4 is 0 Å².